The Hall–Kier alpha value is -4.16. The van der Waals surface area contributed by atoms with E-state index in [4.69, 9.17) is 0 Å². The Morgan fingerprint density at radius 1 is 0.419 bits per heavy atom. The normalized spacial score (nSPS) is 10.3. The van der Waals surface area contributed by atoms with Crippen LogP contribution in [0.5, 0.6) is 0 Å². The molecule has 0 unspecified atom stereocenters. The molecule has 0 aliphatic heterocycles. The zero-order valence-corrected chi connectivity index (χ0v) is 27.1. The molecule has 0 saturated carbocycles. The Morgan fingerprint density at radius 2 is 0.814 bits per heavy atom. The van der Waals surface area contributed by atoms with E-state index in [1.807, 2.05) is 32.0 Å². The number of allylic oxidation sites excluding steroid dienone is 1. The number of hydrogen-bond acceptors (Lipinski definition) is 0. The van der Waals surface area contributed by atoms with E-state index in [0.717, 1.165) is 0 Å². The van der Waals surface area contributed by atoms with Crippen molar-refractivity contribution in [1.29, 1.82) is 0 Å². The quantitative estimate of drug-likeness (QED) is 0.188. The maximum atomic E-state index is 2.26. The first-order chi connectivity index (χ1) is 20.3. The SMILES string of the molecule is C.CC.Cc1ccc(-c2ccc(C)cc2)cc1.Cc1ccc(C)cc1.Cc1cccc2c1C=CCC2.Cc1ccccc1. The maximum Gasteiger partial charge on any atom is -0.0184 e. The van der Waals surface area contributed by atoms with E-state index in [0.29, 0.717) is 0 Å². The second-order valence-corrected chi connectivity index (χ2v) is 10.6. The summed E-state index contributed by atoms with van der Waals surface area (Å²) >= 11 is 0. The van der Waals surface area contributed by atoms with Gasteiger partial charge in [0, 0.05) is 0 Å². The predicted molar refractivity (Wildman–Crippen MR) is 195 cm³/mol. The van der Waals surface area contributed by atoms with Crippen LogP contribution in [-0.2, 0) is 6.42 Å². The molecule has 0 spiro atoms. The lowest BCUT2D eigenvalue weighted by atomic mass is 9.94. The first-order valence-corrected chi connectivity index (χ1v) is 15.3. The molecule has 0 heteroatoms. The third kappa shape index (κ3) is 14.0. The summed E-state index contributed by atoms with van der Waals surface area (Å²) in [5.41, 5.74) is 13.5. The Morgan fingerprint density at radius 3 is 1.19 bits per heavy atom. The first-order valence-electron chi connectivity index (χ1n) is 15.3. The lowest BCUT2D eigenvalue weighted by Crippen LogP contribution is -1.95. The Bertz CT molecular complexity index is 1370. The Balaban J connectivity index is 0.000000288. The van der Waals surface area contributed by atoms with Gasteiger partial charge in [0.1, 0.15) is 0 Å². The molecule has 0 fully saturated rings. The predicted octanol–water partition coefficient (Wildman–Crippen LogP) is 12.9. The fourth-order valence-electron chi connectivity index (χ4n) is 4.30. The number of hydrogen-bond donors (Lipinski definition) is 0. The van der Waals surface area contributed by atoms with E-state index < -0.39 is 0 Å². The van der Waals surface area contributed by atoms with Crippen LogP contribution in [0.3, 0.4) is 0 Å². The van der Waals surface area contributed by atoms with Crippen molar-refractivity contribution in [3.05, 3.63) is 172 Å². The van der Waals surface area contributed by atoms with Gasteiger partial charge >= 0.3 is 0 Å². The summed E-state index contributed by atoms with van der Waals surface area (Å²) in [7, 11) is 0. The van der Waals surface area contributed by atoms with E-state index in [1.54, 1.807) is 0 Å². The summed E-state index contributed by atoms with van der Waals surface area (Å²) in [4.78, 5) is 0. The Labute approximate surface area is 264 Å². The molecule has 6 rings (SSSR count). The summed E-state index contributed by atoms with van der Waals surface area (Å²) in [5, 5.41) is 0. The third-order valence-electron chi connectivity index (χ3n) is 6.87. The smallest absolute Gasteiger partial charge is 0.0184 e. The minimum Gasteiger partial charge on any atom is -0.0836 e. The van der Waals surface area contributed by atoms with Crippen molar-refractivity contribution in [2.75, 3.05) is 0 Å². The molecule has 0 atom stereocenters. The van der Waals surface area contributed by atoms with Crippen molar-refractivity contribution >= 4 is 6.08 Å². The van der Waals surface area contributed by atoms with E-state index in [2.05, 4.69) is 157 Å². The molecule has 0 bridgehead atoms. The second kappa shape index (κ2) is 20.7. The number of fused-ring (bicyclic) bond motifs is 1. The molecule has 5 aromatic carbocycles. The summed E-state index contributed by atoms with van der Waals surface area (Å²) in [6, 6.07) is 42.6. The topological polar surface area (TPSA) is 0 Å². The fourth-order valence-corrected chi connectivity index (χ4v) is 4.30. The molecule has 0 heterocycles. The van der Waals surface area contributed by atoms with Crippen LogP contribution in [0, 0.1) is 41.5 Å². The highest BCUT2D eigenvalue weighted by Gasteiger charge is 2.04. The van der Waals surface area contributed by atoms with Gasteiger partial charge in [-0.15, -0.1) is 0 Å². The maximum absolute atomic E-state index is 2.26. The van der Waals surface area contributed by atoms with Gasteiger partial charge in [-0.05, 0) is 82.2 Å². The van der Waals surface area contributed by atoms with Crippen LogP contribution in [0.15, 0.2) is 127 Å². The first kappa shape index (κ1) is 36.9. The van der Waals surface area contributed by atoms with Crippen molar-refractivity contribution < 1.29 is 0 Å². The van der Waals surface area contributed by atoms with Crippen LogP contribution >= 0.6 is 0 Å². The molecule has 0 amide bonds. The van der Waals surface area contributed by atoms with E-state index in [1.165, 1.54) is 68.5 Å². The molecule has 0 nitrogen and oxygen atoms in total. The summed E-state index contributed by atoms with van der Waals surface area (Å²) in [5.74, 6) is 0. The van der Waals surface area contributed by atoms with E-state index in [9.17, 15) is 0 Å². The fraction of sp³-hybridized carbons (Fsp3) is 0.256. The number of rotatable bonds is 1. The monoisotopic (exact) mass is 570 g/mol. The second-order valence-electron chi connectivity index (χ2n) is 10.6. The molecule has 226 valence electrons. The van der Waals surface area contributed by atoms with E-state index in [-0.39, 0.29) is 7.43 Å². The van der Waals surface area contributed by atoms with Crippen molar-refractivity contribution in [3.8, 4) is 11.1 Å². The van der Waals surface area contributed by atoms with Gasteiger partial charge in [-0.3, -0.25) is 0 Å². The zero-order chi connectivity index (χ0) is 30.7. The molecular weight excluding hydrogens is 516 g/mol. The third-order valence-corrected chi connectivity index (χ3v) is 6.87. The standard InChI is InChI=1S/C14H14.C11H12.C8H10.C7H8.C2H6.CH4/c1-11-3-7-13(8-4-11)14-9-5-12(2)6-10-14;1-9-5-4-7-10-6-2-3-8-11(9)10;1-7-3-5-8(2)6-4-7;1-7-5-3-2-4-6-7;1-2;/h3-10H,1-2H3;3-5,7-8H,2,6H2,1H3;3-6H,1-2H3;2-6H,1H3;1-2H3;1H4. The van der Waals surface area contributed by atoms with Crippen molar-refractivity contribution in [3.63, 3.8) is 0 Å². The molecule has 0 N–H and O–H groups in total. The van der Waals surface area contributed by atoms with Gasteiger partial charge in [-0.25, -0.2) is 0 Å². The zero-order valence-electron chi connectivity index (χ0n) is 27.1. The van der Waals surface area contributed by atoms with Crippen LogP contribution in [0.25, 0.3) is 17.2 Å². The molecule has 43 heavy (non-hydrogen) atoms. The molecule has 1 aliphatic carbocycles. The van der Waals surface area contributed by atoms with Gasteiger partial charge in [0.15, 0.2) is 0 Å². The summed E-state index contributed by atoms with van der Waals surface area (Å²) in [6.45, 7) is 16.7. The van der Waals surface area contributed by atoms with Crippen LogP contribution in [0.1, 0.15) is 72.2 Å². The minimum absolute atomic E-state index is 0. The molecular formula is C43H54. The minimum atomic E-state index is 0. The van der Waals surface area contributed by atoms with Crippen molar-refractivity contribution in [1.82, 2.24) is 0 Å². The van der Waals surface area contributed by atoms with Crippen LogP contribution in [-0.4, -0.2) is 0 Å². The van der Waals surface area contributed by atoms with Gasteiger partial charge in [0.25, 0.3) is 0 Å². The van der Waals surface area contributed by atoms with Gasteiger partial charge in [0.05, 0.1) is 0 Å². The van der Waals surface area contributed by atoms with Crippen molar-refractivity contribution in [2.45, 2.75) is 75.7 Å². The van der Waals surface area contributed by atoms with Crippen LogP contribution in [0.4, 0.5) is 0 Å². The van der Waals surface area contributed by atoms with Crippen LogP contribution < -0.4 is 0 Å². The summed E-state index contributed by atoms with van der Waals surface area (Å²) in [6.07, 6.45) is 6.92. The van der Waals surface area contributed by atoms with Gasteiger partial charge < -0.3 is 0 Å². The Kier molecular flexibility index (Phi) is 17.7. The van der Waals surface area contributed by atoms with Gasteiger partial charge in [0.2, 0.25) is 0 Å². The molecule has 1 aliphatic rings. The lowest BCUT2D eigenvalue weighted by Gasteiger charge is -2.11. The average Bonchev–Trinajstić information content (AvgIpc) is 3.02. The molecule has 0 aromatic heterocycles. The van der Waals surface area contributed by atoms with Gasteiger partial charge in [-0.2, -0.15) is 0 Å². The van der Waals surface area contributed by atoms with E-state index >= 15 is 0 Å². The highest BCUT2D eigenvalue weighted by atomic mass is 14.1. The van der Waals surface area contributed by atoms with Crippen molar-refractivity contribution in [2.24, 2.45) is 0 Å². The number of benzene rings is 5. The highest BCUT2D eigenvalue weighted by Crippen LogP contribution is 2.22. The summed E-state index contributed by atoms with van der Waals surface area (Å²) < 4.78 is 0. The average molecular weight is 571 g/mol. The van der Waals surface area contributed by atoms with Crippen LogP contribution in [0.2, 0.25) is 0 Å². The molecule has 0 saturated heterocycles. The molecule has 5 aromatic rings. The molecule has 0 radical (unpaired) electrons. The number of aryl methyl sites for hydroxylation is 7. The highest BCUT2D eigenvalue weighted by molar-refractivity contribution is 5.64. The lowest BCUT2D eigenvalue weighted by molar-refractivity contribution is 0.981. The largest absolute Gasteiger partial charge is 0.0836 e. The van der Waals surface area contributed by atoms with Gasteiger partial charge in [-0.1, -0.05) is 183 Å².